The van der Waals surface area contributed by atoms with Crippen LogP contribution in [0.4, 0.5) is 5.69 Å². The third-order valence-electron chi connectivity index (χ3n) is 2.36. The van der Waals surface area contributed by atoms with Gasteiger partial charge in [-0.25, -0.2) is 0 Å². The molecule has 102 valence electrons. The fourth-order valence-electron chi connectivity index (χ4n) is 1.50. The number of aromatic amines is 1. The van der Waals surface area contributed by atoms with Crippen LogP contribution in [-0.4, -0.2) is 20.0 Å². The predicted molar refractivity (Wildman–Crippen MR) is 76.2 cm³/mol. The van der Waals surface area contributed by atoms with E-state index >= 15 is 0 Å². The molecule has 0 aliphatic rings. The Morgan fingerprint density at radius 3 is 2.75 bits per heavy atom. The maximum absolute atomic E-state index is 11.4. The highest BCUT2D eigenvalue weighted by atomic mass is 79.9. The lowest BCUT2D eigenvalue weighted by atomic mass is 10.2. The van der Waals surface area contributed by atoms with E-state index in [4.69, 9.17) is 0 Å². The lowest BCUT2D eigenvalue weighted by Crippen LogP contribution is -2.14. The summed E-state index contributed by atoms with van der Waals surface area (Å²) in [5, 5.41) is 19.9. The summed E-state index contributed by atoms with van der Waals surface area (Å²) in [7, 11) is 0. The van der Waals surface area contributed by atoms with Gasteiger partial charge in [0.2, 0.25) is 0 Å². The molecule has 0 radical (unpaired) electrons. The second kappa shape index (κ2) is 5.66. The van der Waals surface area contributed by atoms with E-state index in [0.717, 1.165) is 10.0 Å². The van der Waals surface area contributed by atoms with E-state index in [-0.39, 0.29) is 5.82 Å². The van der Waals surface area contributed by atoms with Crippen LogP contribution >= 0.6 is 15.9 Å². The first kappa shape index (κ1) is 13.9. The Bertz CT molecular complexity index is 755. The summed E-state index contributed by atoms with van der Waals surface area (Å²) in [5.41, 5.74) is -1.14. The van der Waals surface area contributed by atoms with Crippen molar-refractivity contribution >= 4 is 33.8 Å². The number of benzene rings is 1. The minimum atomic E-state index is -1.00. The van der Waals surface area contributed by atoms with Gasteiger partial charge in [0.15, 0.2) is 0 Å². The number of nitro groups is 1. The van der Waals surface area contributed by atoms with Gasteiger partial charge >= 0.3 is 11.2 Å². The maximum atomic E-state index is 11.4. The Labute approximate surface area is 120 Å². The molecule has 2 rings (SSSR count). The fourth-order valence-corrected chi connectivity index (χ4v) is 1.92. The fraction of sp³-hybridized carbons (Fsp3) is 0. The molecule has 0 spiro atoms. The maximum Gasteiger partial charge on any atom is 0.395 e. The van der Waals surface area contributed by atoms with E-state index in [9.17, 15) is 20.0 Å². The summed E-state index contributed by atoms with van der Waals surface area (Å²) in [5.74, 6) is -0.884. The highest BCUT2D eigenvalue weighted by Crippen LogP contribution is 2.18. The van der Waals surface area contributed by atoms with E-state index in [0.29, 0.717) is 0 Å². The largest absolute Gasteiger partial charge is 0.488 e. The van der Waals surface area contributed by atoms with E-state index in [2.05, 4.69) is 25.9 Å². The second-order valence-electron chi connectivity index (χ2n) is 3.77. The quantitative estimate of drug-likeness (QED) is 0.659. The van der Waals surface area contributed by atoms with E-state index < -0.39 is 22.0 Å². The van der Waals surface area contributed by atoms with Gasteiger partial charge in [-0.3, -0.25) is 14.9 Å². The third-order valence-corrected chi connectivity index (χ3v) is 2.85. The third kappa shape index (κ3) is 3.09. The first-order valence-electron chi connectivity index (χ1n) is 5.38. The van der Waals surface area contributed by atoms with E-state index in [1.807, 2.05) is 24.3 Å². The van der Waals surface area contributed by atoms with Gasteiger partial charge in [-0.2, -0.15) is 4.98 Å². The topological polar surface area (TPSA) is 109 Å². The van der Waals surface area contributed by atoms with Gasteiger partial charge in [-0.1, -0.05) is 34.1 Å². The average Bonchev–Trinajstić information content (AvgIpc) is 2.35. The number of nitrogens with zero attached hydrogens (tertiary/aromatic N) is 2. The molecule has 1 aromatic carbocycles. The van der Waals surface area contributed by atoms with Crippen molar-refractivity contribution in [3.63, 3.8) is 0 Å². The molecule has 2 N–H and O–H groups in total. The highest BCUT2D eigenvalue weighted by molar-refractivity contribution is 9.10. The molecule has 8 heteroatoms. The number of hydrogen-bond acceptors (Lipinski definition) is 5. The van der Waals surface area contributed by atoms with E-state index in [1.54, 1.807) is 6.08 Å². The highest BCUT2D eigenvalue weighted by Gasteiger charge is 2.21. The Balaban J connectivity index is 2.36. The van der Waals surface area contributed by atoms with Gasteiger partial charge < -0.3 is 10.1 Å². The zero-order chi connectivity index (χ0) is 14.7. The van der Waals surface area contributed by atoms with Crippen molar-refractivity contribution in [2.24, 2.45) is 0 Å². The van der Waals surface area contributed by atoms with Crippen LogP contribution in [0, 0.1) is 10.1 Å². The molecule has 0 aliphatic heterocycles. The smallest absolute Gasteiger partial charge is 0.395 e. The lowest BCUT2D eigenvalue weighted by molar-refractivity contribution is -0.387. The van der Waals surface area contributed by atoms with Crippen LogP contribution in [0.1, 0.15) is 11.4 Å². The van der Waals surface area contributed by atoms with Gasteiger partial charge in [0.25, 0.3) is 5.88 Å². The molecule has 0 atom stereocenters. The lowest BCUT2D eigenvalue weighted by Gasteiger charge is -1.97. The summed E-state index contributed by atoms with van der Waals surface area (Å²) in [4.78, 5) is 26.7. The molecule has 7 nitrogen and oxygen atoms in total. The van der Waals surface area contributed by atoms with Crippen molar-refractivity contribution in [2.75, 3.05) is 0 Å². The Hall–Kier alpha value is -2.48. The number of rotatable bonds is 3. The van der Waals surface area contributed by atoms with Gasteiger partial charge in [-0.15, -0.1) is 0 Å². The number of H-pyrrole nitrogens is 1. The molecule has 1 heterocycles. The van der Waals surface area contributed by atoms with Crippen LogP contribution in [0.2, 0.25) is 0 Å². The number of aromatic hydroxyl groups is 1. The molecule has 2 aromatic rings. The van der Waals surface area contributed by atoms with Crippen LogP contribution in [0.15, 0.2) is 33.5 Å². The minimum absolute atomic E-state index is 0.0260. The number of hydrogen-bond donors (Lipinski definition) is 2. The molecule has 0 unspecified atom stereocenters. The molecule has 0 amide bonds. The predicted octanol–water partition coefficient (Wildman–Crippen LogP) is 2.32. The van der Waals surface area contributed by atoms with Crippen LogP contribution < -0.4 is 5.56 Å². The second-order valence-corrected chi connectivity index (χ2v) is 4.68. The van der Waals surface area contributed by atoms with Crippen molar-refractivity contribution in [2.45, 2.75) is 0 Å². The van der Waals surface area contributed by atoms with Crippen LogP contribution in [-0.2, 0) is 0 Å². The Morgan fingerprint density at radius 2 is 2.15 bits per heavy atom. The summed E-state index contributed by atoms with van der Waals surface area (Å²) in [6.07, 6.45) is 3.08. The Kier molecular flexibility index (Phi) is 3.94. The molecular weight excluding hydrogens is 330 g/mol. The molecule has 0 fully saturated rings. The normalized spacial score (nSPS) is 10.8. The molecule has 20 heavy (non-hydrogen) atoms. The zero-order valence-electron chi connectivity index (χ0n) is 9.91. The van der Waals surface area contributed by atoms with Crippen LogP contribution in [0.5, 0.6) is 5.88 Å². The van der Waals surface area contributed by atoms with Crippen LogP contribution in [0.25, 0.3) is 12.2 Å². The molecule has 0 aliphatic carbocycles. The van der Waals surface area contributed by atoms with Gasteiger partial charge in [0.05, 0.1) is 4.92 Å². The number of halogens is 1. The minimum Gasteiger partial charge on any atom is -0.488 e. The number of nitrogens with one attached hydrogen (secondary N) is 1. The molecule has 1 aromatic heterocycles. The Morgan fingerprint density at radius 1 is 1.40 bits per heavy atom. The summed E-state index contributed by atoms with van der Waals surface area (Å²) >= 11 is 3.31. The van der Waals surface area contributed by atoms with E-state index in [1.165, 1.54) is 6.08 Å². The SMILES string of the molecule is O=c1[nH]c(/C=C\c2cccc(Br)c2)nc(O)c1[N+](=O)[O-]. The zero-order valence-corrected chi connectivity index (χ0v) is 11.5. The van der Waals surface area contributed by atoms with Crippen molar-refractivity contribution in [1.29, 1.82) is 0 Å². The molecule has 0 saturated carbocycles. The first-order chi connectivity index (χ1) is 9.47. The van der Waals surface area contributed by atoms with Gasteiger partial charge in [-0.05, 0) is 23.8 Å². The molecule has 0 saturated heterocycles. The molecule has 0 bridgehead atoms. The van der Waals surface area contributed by atoms with Crippen LogP contribution in [0.3, 0.4) is 0 Å². The molecular formula is C12H8BrN3O4. The monoisotopic (exact) mass is 337 g/mol. The number of aromatic nitrogens is 2. The summed E-state index contributed by atoms with van der Waals surface area (Å²) < 4.78 is 0.882. The standard InChI is InChI=1S/C12H8BrN3O4/c13-8-3-1-2-7(6-8)4-5-9-14-11(17)10(16(19)20)12(18)15-9/h1-6H,(H2,14,15,17,18)/b5-4-. The van der Waals surface area contributed by atoms with Crippen molar-refractivity contribution in [3.05, 3.63) is 60.6 Å². The average molecular weight is 338 g/mol. The van der Waals surface area contributed by atoms with Crippen molar-refractivity contribution in [3.8, 4) is 5.88 Å². The van der Waals surface area contributed by atoms with Gasteiger partial charge in [0.1, 0.15) is 5.82 Å². The summed E-state index contributed by atoms with van der Waals surface area (Å²) in [6, 6.07) is 7.34. The summed E-state index contributed by atoms with van der Waals surface area (Å²) in [6.45, 7) is 0. The van der Waals surface area contributed by atoms with Gasteiger partial charge in [0, 0.05) is 4.47 Å². The first-order valence-corrected chi connectivity index (χ1v) is 6.18. The van der Waals surface area contributed by atoms with Crippen molar-refractivity contribution < 1.29 is 10.0 Å². The van der Waals surface area contributed by atoms with Crippen molar-refractivity contribution in [1.82, 2.24) is 9.97 Å².